The Morgan fingerprint density at radius 3 is 1.78 bits per heavy atom. The molecule has 0 amide bonds. The summed E-state index contributed by atoms with van der Waals surface area (Å²) in [4.78, 5) is 9.65. The van der Waals surface area contributed by atoms with Crippen LogP contribution in [0.5, 0.6) is 0 Å². The SMILES string of the molecule is COC(CC(F)(C(F)(F)F)C(F)(F)F)c1ccc([N+](=O)[O-])cc1. The molecule has 1 aromatic carbocycles. The van der Waals surface area contributed by atoms with Crippen LogP contribution in [0.3, 0.4) is 0 Å². The van der Waals surface area contributed by atoms with Crippen molar-refractivity contribution in [2.45, 2.75) is 30.5 Å². The van der Waals surface area contributed by atoms with Gasteiger partial charge in [0.05, 0.1) is 11.0 Å². The normalized spacial score (nSPS) is 14.6. The molecular formula is C12H10F7NO3. The molecule has 0 fully saturated rings. The third-order valence-electron chi connectivity index (χ3n) is 3.13. The first-order valence-electron chi connectivity index (χ1n) is 5.93. The van der Waals surface area contributed by atoms with Crippen LogP contribution in [0.15, 0.2) is 24.3 Å². The highest BCUT2D eigenvalue weighted by atomic mass is 19.4. The van der Waals surface area contributed by atoms with Crippen LogP contribution in [-0.2, 0) is 4.74 Å². The smallest absolute Gasteiger partial charge is 0.377 e. The molecule has 0 spiro atoms. The molecule has 0 radical (unpaired) electrons. The summed E-state index contributed by atoms with van der Waals surface area (Å²) >= 11 is 0. The van der Waals surface area contributed by atoms with Crippen molar-refractivity contribution in [3.63, 3.8) is 0 Å². The van der Waals surface area contributed by atoms with Crippen molar-refractivity contribution in [3.8, 4) is 0 Å². The summed E-state index contributed by atoms with van der Waals surface area (Å²) in [5.41, 5.74) is -6.15. The second-order valence-electron chi connectivity index (χ2n) is 4.57. The van der Waals surface area contributed by atoms with Crippen LogP contribution in [0.4, 0.5) is 36.4 Å². The molecule has 0 saturated heterocycles. The molecule has 11 heteroatoms. The maximum atomic E-state index is 13.7. The Labute approximate surface area is 125 Å². The zero-order valence-electron chi connectivity index (χ0n) is 11.4. The maximum absolute atomic E-state index is 13.7. The highest BCUT2D eigenvalue weighted by Gasteiger charge is 2.72. The van der Waals surface area contributed by atoms with Gasteiger partial charge in [-0.15, -0.1) is 0 Å². The minimum Gasteiger partial charge on any atom is -0.377 e. The number of alkyl halides is 7. The molecule has 0 heterocycles. The Morgan fingerprint density at radius 2 is 1.48 bits per heavy atom. The lowest BCUT2D eigenvalue weighted by Gasteiger charge is -2.32. The summed E-state index contributed by atoms with van der Waals surface area (Å²) in [6, 6.07) is 3.53. The number of nitrogens with zero attached hydrogens (tertiary/aromatic N) is 1. The van der Waals surface area contributed by atoms with Gasteiger partial charge in [-0.2, -0.15) is 26.3 Å². The molecule has 130 valence electrons. The number of halogens is 7. The Morgan fingerprint density at radius 1 is 1.04 bits per heavy atom. The predicted molar refractivity (Wildman–Crippen MR) is 63.4 cm³/mol. The van der Waals surface area contributed by atoms with E-state index in [0.717, 1.165) is 31.4 Å². The van der Waals surface area contributed by atoms with E-state index >= 15 is 0 Å². The van der Waals surface area contributed by atoms with Crippen molar-refractivity contribution in [1.29, 1.82) is 0 Å². The average molecular weight is 349 g/mol. The number of non-ortho nitro benzene ring substituents is 1. The molecule has 0 aliphatic rings. The van der Waals surface area contributed by atoms with Gasteiger partial charge in [0.2, 0.25) is 0 Å². The van der Waals surface area contributed by atoms with Crippen LogP contribution in [-0.4, -0.2) is 30.1 Å². The molecule has 0 aliphatic heterocycles. The van der Waals surface area contributed by atoms with Gasteiger partial charge in [0.15, 0.2) is 0 Å². The van der Waals surface area contributed by atoms with E-state index in [0.29, 0.717) is 0 Å². The Balaban J connectivity index is 3.17. The fourth-order valence-corrected chi connectivity index (χ4v) is 1.80. The van der Waals surface area contributed by atoms with E-state index in [2.05, 4.69) is 4.74 Å². The number of nitro benzene ring substituents is 1. The van der Waals surface area contributed by atoms with Crippen molar-refractivity contribution in [2.24, 2.45) is 0 Å². The molecule has 0 N–H and O–H groups in total. The summed E-state index contributed by atoms with van der Waals surface area (Å²) in [5, 5.41) is 10.5. The maximum Gasteiger partial charge on any atom is 0.431 e. The minimum atomic E-state index is -6.19. The van der Waals surface area contributed by atoms with Gasteiger partial charge in [0.1, 0.15) is 0 Å². The third-order valence-corrected chi connectivity index (χ3v) is 3.13. The van der Waals surface area contributed by atoms with Crippen LogP contribution < -0.4 is 0 Å². The number of methoxy groups -OCH3 is 1. The summed E-state index contributed by atoms with van der Waals surface area (Å²) in [6.07, 6.45) is -16.3. The van der Waals surface area contributed by atoms with Gasteiger partial charge in [-0.25, -0.2) is 4.39 Å². The van der Waals surface area contributed by atoms with Crippen molar-refractivity contribution < 1.29 is 40.4 Å². The number of hydrogen-bond donors (Lipinski definition) is 0. The van der Waals surface area contributed by atoms with E-state index in [9.17, 15) is 40.8 Å². The monoisotopic (exact) mass is 349 g/mol. The second kappa shape index (κ2) is 6.30. The summed E-state index contributed by atoms with van der Waals surface area (Å²) < 4.78 is 93.5. The predicted octanol–water partition coefficient (Wildman–Crippen LogP) is 4.51. The molecule has 4 nitrogen and oxygen atoms in total. The molecular weight excluding hydrogens is 339 g/mol. The lowest BCUT2D eigenvalue weighted by atomic mass is 9.92. The fourth-order valence-electron chi connectivity index (χ4n) is 1.80. The Bertz CT molecular complexity index is 539. The molecule has 1 atom stereocenters. The van der Waals surface area contributed by atoms with Gasteiger partial charge >= 0.3 is 18.0 Å². The van der Waals surface area contributed by atoms with Gasteiger partial charge in [-0.1, -0.05) is 0 Å². The fraction of sp³-hybridized carbons (Fsp3) is 0.500. The largest absolute Gasteiger partial charge is 0.431 e. The number of ether oxygens (including phenoxy) is 1. The van der Waals surface area contributed by atoms with Gasteiger partial charge in [0, 0.05) is 25.7 Å². The van der Waals surface area contributed by atoms with E-state index in [4.69, 9.17) is 0 Å². The highest BCUT2D eigenvalue weighted by Crippen LogP contribution is 2.51. The zero-order chi connectivity index (χ0) is 18.1. The van der Waals surface area contributed by atoms with Crippen LogP contribution in [0, 0.1) is 10.1 Å². The van der Waals surface area contributed by atoms with Crippen molar-refractivity contribution in [2.75, 3.05) is 7.11 Å². The molecule has 0 saturated carbocycles. The second-order valence-corrected chi connectivity index (χ2v) is 4.57. The number of nitro groups is 1. The third kappa shape index (κ3) is 3.89. The Kier molecular flexibility index (Phi) is 5.24. The molecule has 0 aliphatic carbocycles. The lowest BCUT2D eigenvalue weighted by Crippen LogP contribution is -2.54. The van der Waals surface area contributed by atoms with Gasteiger partial charge in [0.25, 0.3) is 5.69 Å². The van der Waals surface area contributed by atoms with Crippen LogP contribution in [0.25, 0.3) is 0 Å². The topological polar surface area (TPSA) is 52.4 Å². The van der Waals surface area contributed by atoms with Crippen molar-refractivity contribution >= 4 is 5.69 Å². The first-order valence-corrected chi connectivity index (χ1v) is 5.93. The lowest BCUT2D eigenvalue weighted by molar-refractivity contribution is -0.384. The van der Waals surface area contributed by atoms with E-state index in [1.807, 2.05) is 0 Å². The van der Waals surface area contributed by atoms with E-state index < -0.39 is 41.2 Å². The van der Waals surface area contributed by atoms with Crippen molar-refractivity contribution in [1.82, 2.24) is 0 Å². The molecule has 1 rings (SSSR count). The Hall–Kier alpha value is -1.91. The molecule has 1 aromatic rings. The van der Waals surface area contributed by atoms with Gasteiger partial charge in [-0.05, 0) is 17.7 Å². The quantitative estimate of drug-likeness (QED) is 0.447. The highest BCUT2D eigenvalue weighted by molar-refractivity contribution is 5.34. The molecule has 0 aromatic heterocycles. The number of hydrogen-bond acceptors (Lipinski definition) is 3. The average Bonchev–Trinajstić information content (AvgIpc) is 2.42. The number of rotatable bonds is 5. The summed E-state index contributed by atoms with van der Waals surface area (Å²) in [6.45, 7) is 0. The molecule has 0 bridgehead atoms. The van der Waals surface area contributed by atoms with Gasteiger partial charge < -0.3 is 4.74 Å². The molecule has 1 unspecified atom stereocenters. The van der Waals surface area contributed by atoms with E-state index in [-0.39, 0.29) is 5.56 Å². The standard InChI is InChI=1S/C12H10F7NO3/c1-23-9(7-2-4-8(5-3-7)20(21)22)6-10(13,11(14,15)16)12(17,18)19/h2-5,9H,6H2,1H3. The van der Waals surface area contributed by atoms with E-state index in [1.54, 1.807) is 0 Å². The van der Waals surface area contributed by atoms with Crippen LogP contribution in [0.1, 0.15) is 18.1 Å². The summed E-state index contributed by atoms with van der Waals surface area (Å²) in [5.74, 6) is 0. The van der Waals surface area contributed by atoms with Crippen molar-refractivity contribution in [3.05, 3.63) is 39.9 Å². The minimum absolute atomic E-state index is 0.256. The number of benzene rings is 1. The first-order chi connectivity index (χ1) is 10.3. The van der Waals surface area contributed by atoms with Gasteiger partial charge in [-0.3, -0.25) is 10.1 Å². The first kappa shape index (κ1) is 19.1. The zero-order valence-corrected chi connectivity index (χ0v) is 11.4. The van der Waals surface area contributed by atoms with E-state index in [1.165, 1.54) is 0 Å². The van der Waals surface area contributed by atoms with Crippen LogP contribution >= 0.6 is 0 Å². The van der Waals surface area contributed by atoms with Crippen LogP contribution in [0.2, 0.25) is 0 Å². The molecule has 23 heavy (non-hydrogen) atoms. The summed E-state index contributed by atoms with van der Waals surface area (Å²) in [7, 11) is 0.805.